The largest absolute Gasteiger partial charge is 0.462 e. The number of ether oxygens (including phenoxy) is 1. The van der Waals surface area contributed by atoms with Crippen LogP contribution in [-0.4, -0.2) is 34.8 Å². The SMILES string of the molecule is CCOC(=O)c1c(N2C(=O)C[C@H](SC(=Nc3ccccc3)NC#N)C2=O)sc2c1CC[C@@H](C)C2. The van der Waals surface area contributed by atoms with E-state index in [2.05, 4.69) is 17.2 Å². The minimum atomic E-state index is -0.760. The lowest BCUT2D eigenvalue weighted by molar-refractivity contribution is -0.121. The number of carbonyl (C=O) groups is 3. The van der Waals surface area contributed by atoms with Gasteiger partial charge in [0.15, 0.2) is 11.4 Å². The van der Waals surface area contributed by atoms with E-state index < -0.39 is 17.1 Å². The summed E-state index contributed by atoms with van der Waals surface area (Å²) in [4.78, 5) is 45.8. The number of hydrogen-bond acceptors (Lipinski definition) is 8. The third kappa shape index (κ3) is 4.86. The molecule has 1 aromatic carbocycles. The van der Waals surface area contributed by atoms with Crippen LogP contribution < -0.4 is 10.2 Å². The summed E-state index contributed by atoms with van der Waals surface area (Å²) in [7, 11) is 0. The van der Waals surface area contributed by atoms with Gasteiger partial charge in [-0.25, -0.2) is 14.7 Å². The van der Waals surface area contributed by atoms with Gasteiger partial charge in [-0.05, 0) is 49.8 Å². The molecule has 2 amide bonds. The predicted molar refractivity (Wildman–Crippen MR) is 132 cm³/mol. The van der Waals surface area contributed by atoms with E-state index >= 15 is 0 Å². The van der Waals surface area contributed by atoms with Crippen LogP contribution in [0.5, 0.6) is 0 Å². The molecule has 1 aromatic heterocycles. The fraction of sp³-hybridized carbons (Fsp3) is 0.375. The second-order valence-electron chi connectivity index (χ2n) is 8.12. The van der Waals surface area contributed by atoms with E-state index in [1.54, 1.807) is 19.1 Å². The number of nitriles is 1. The Morgan fingerprint density at radius 3 is 2.79 bits per heavy atom. The molecular weight excluding hydrogens is 472 g/mol. The highest BCUT2D eigenvalue weighted by molar-refractivity contribution is 8.15. The molecule has 34 heavy (non-hydrogen) atoms. The van der Waals surface area contributed by atoms with E-state index in [1.165, 1.54) is 11.3 Å². The van der Waals surface area contributed by atoms with Gasteiger partial charge in [-0.3, -0.25) is 14.9 Å². The number of esters is 1. The quantitative estimate of drug-likeness (QED) is 0.165. The monoisotopic (exact) mass is 496 g/mol. The first-order chi connectivity index (χ1) is 16.4. The molecule has 176 valence electrons. The summed E-state index contributed by atoms with van der Waals surface area (Å²) in [5.41, 5.74) is 1.85. The lowest BCUT2D eigenvalue weighted by Crippen LogP contribution is -2.32. The number of thiophene rings is 1. The van der Waals surface area contributed by atoms with E-state index in [0.29, 0.717) is 22.2 Å². The maximum absolute atomic E-state index is 13.4. The molecule has 1 N–H and O–H groups in total. The number of para-hydroxylation sites is 1. The van der Waals surface area contributed by atoms with Crippen molar-refractivity contribution in [3.63, 3.8) is 0 Å². The second-order valence-corrected chi connectivity index (χ2v) is 10.4. The number of thioether (sulfide) groups is 1. The van der Waals surface area contributed by atoms with Crippen molar-refractivity contribution in [2.24, 2.45) is 10.9 Å². The number of anilines is 1. The van der Waals surface area contributed by atoms with Gasteiger partial charge >= 0.3 is 5.97 Å². The van der Waals surface area contributed by atoms with Crippen molar-refractivity contribution in [1.29, 1.82) is 5.26 Å². The number of fused-ring (bicyclic) bond motifs is 1. The summed E-state index contributed by atoms with van der Waals surface area (Å²) < 4.78 is 5.29. The number of nitrogens with one attached hydrogen (secondary N) is 1. The molecule has 4 rings (SSSR count). The van der Waals surface area contributed by atoms with E-state index in [4.69, 9.17) is 10.00 Å². The van der Waals surface area contributed by atoms with Crippen LogP contribution in [0.15, 0.2) is 35.3 Å². The van der Waals surface area contributed by atoms with Gasteiger partial charge in [0.2, 0.25) is 11.8 Å². The van der Waals surface area contributed by atoms with Crippen molar-refractivity contribution in [2.45, 2.75) is 44.8 Å². The number of hydrogen-bond donors (Lipinski definition) is 1. The van der Waals surface area contributed by atoms with Gasteiger partial charge in [-0.1, -0.05) is 36.9 Å². The highest BCUT2D eigenvalue weighted by Gasteiger charge is 2.44. The molecule has 1 fully saturated rings. The van der Waals surface area contributed by atoms with Gasteiger partial charge in [0, 0.05) is 11.3 Å². The Bertz CT molecular complexity index is 1190. The van der Waals surface area contributed by atoms with Crippen LogP contribution in [0.25, 0.3) is 0 Å². The van der Waals surface area contributed by atoms with Crippen LogP contribution in [0.3, 0.4) is 0 Å². The average Bonchev–Trinajstić information content (AvgIpc) is 3.30. The molecule has 1 saturated heterocycles. The van der Waals surface area contributed by atoms with Crippen LogP contribution in [0.1, 0.15) is 47.5 Å². The Labute approximate surface area is 206 Å². The van der Waals surface area contributed by atoms with Crippen molar-refractivity contribution < 1.29 is 19.1 Å². The molecule has 8 nitrogen and oxygen atoms in total. The van der Waals surface area contributed by atoms with Gasteiger partial charge in [0.1, 0.15) is 10.3 Å². The minimum absolute atomic E-state index is 0.0499. The summed E-state index contributed by atoms with van der Waals surface area (Å²) in [6.45, 7) is 4.09. The van der Waals surface area contributed by atoms with E-state index in [0.717, 1.165) is 46.4 Å². The number of benzene rings is 1. The zero-order valence-electron chi connectivity index (χ0n) is 18.9. The van der Waals surface area contributed by atoms with Crippen LogP contribution in [0.4, 0.5) is 10.7 Å². The van der Waals surface area contributed by atoms with Crippen LogP contribution in [-0.2, 0) is 27.2 Å². The van der Waals surface area contributed by atoms with E-state index in [1.807, 2.05) is 24.4 Å². The highest BCUT2D eigenvalue weighted by atomic mass is 32.2. The molecule has 1 aliphatic carbocycles. The first-order valence-corrected chi connectivity index (χ1v) is 12.8. The number of amides is 2. The highest BCUT2D eigenvalue weighted by Crippen LogP contribution is 2.44. The van der Waals surface area contributed by atoms with Crippen molar-refractivity contribution in [3.05, 3.63) is 46.3 Å². The maximum atomic E-state index is 13.4. The molecule has 0 unspecified atom stereocenters. The molecule has 0 spiro atoms. The van der Waals surface area contributed by atoms with Gasteiger partial charge in [-0.15, -0.1) is 11.3 Å². The van der Waals surface area contributed by atoms with Gasteiger partial charge in [0.25, 0.3) is 0 Å². The number of aliphatic imine (C=N–C) groups is 1. The molecule has 0 saturated carbocycles. The zero-order chi connectivity index (χ0) is 24.2. The molecule has 2 atom stereocenters. The summed E-state index contributed by atoms with van der Waals surface area (Å²) >= 11 is 2.37. The van der Waals surface area contributed by atoms with E-state index in [-0.39, 0.29) is 24.1 Å². The summed E-state index contributed by atoms with van der Waals surface area (Å²) in [6, 6.07) is 9.03. The minimum Gasteiger partial charge on any atom is -0.462 e. The van der Waals surface area contributed by atoms with E-state index in [9.17, 15) is 14.4 Å². The van der Waals surface area contributed by atoms with Crippen LogP contribution in [0.2, 0.25) is 0 Å². The second kappa shape index (κ2) is 10.4. The average molecular weight is 497 g/mol. The molecule has 2 aromatic rings. The lowest BCUT2D eigenvalue weighted by atomic mass is 9.88. The number of imide groups is 1. The molecule has 2 heterocycles. The van der Waals surface area contributed by atoms with Crippen molar-refractivity contribution in [1.82, 2.24) is 5.32 Å². The van der Waals surface area contributed by atoms with Gasteiger partial charge in [0.05, 0.1) is 17.9 Å². The predicted octanol–water partition coefficient (Wildman–Crippen LogP) is 4.17. The van der Waals surface area contributed by atoms with Gasteiger partial charge < -0.3 is 4.74 Å². The summed E-state index contributed by atoms with van der Waals surface area (Å²) in [6.07, 6.45) is 4.25. The molecule has 0 radical (unpaired) electrons. The normalized spacial score (nSPS) is 20.1. The zero-order valence-corrected chi connectivity index (χ0v) is 20.5. The fourth-order valence-corrected chi connectivity index (χ4v) is 6.59. The molecule has 10 heteroatoms. The molecule has 1 aliphatic heterocycles. The lowest BCUT2D eigenvalue weighted by Gasteiger charge is -2.18. The summed E-state index contributed by atoms with van der Waals surface area (Å²) in [5.74, 6) is -0.835. The third-order valence-electron chi connectivity index (χ3n) is 5.68. The van der Waals surface area contributed by atoms with Gasteiger partial charge in [-0.2, -0.15) is 5.26 Å². The Kier molecular flexibility index (Phi) is 7.34. The summed E-state index contributed by atoms with van der Waals surface area (Å²) in [5, 5.41) is 11.5. The molecule has 0 bridgehead atoms. The fourth-order valence-electron chi connectivity index (χ4n) is 4.10. The van der Waals surface area contributed by atoms with Crippen molar-refractivity contribution in [3.8, 4) is 6.19 Å². The van der Waals surface area contributed by atoms with Crippen LogP contribution in [0, 0.1) is 17.4 Å². The van der Waals surface area contributed by atoms with Crippen molar-refractivity contribution >= 4 is 56.7 Å². The maximum Gasteiger partial charge on any atom is 0.341 e. The molecule has 2 aliphatic rings. The Hall–Kier alpha value is -3.16. The Balaban J connectivity index is 1.65. The third-order valence-corrected chi connectivity index (χ3v) is 7.99. The van der Waals surface area contributed by atoms with Crippen molar-refractivity contribution in [2.75, 3.05) is 11.5 Å². The number of carbonyl (C=O) groups excluding carboxylic acids is 3. The topological polar surface area (TPSA) is 112 Å². The number of rotatable bonds is 5. The number of amidine groups is 1. The Morgan fingerprint density at radius 2 is 2.09 bits per heavy atom. The standard InChI is InChI=1S/C24H24N4O4S2/c1-3-32-23(31)20-16-10-9-14(2)11-17(16)33-22(20)28-19(29)12-18(21(28)30)34-24(26-13-25)27-15-7-5-4-6-8-15/h4-8,14,18H,3,9-12H2,1-2H3,(H,26,27)/t14-,18+/m1/s1. The van der Waals surface area contributed by atoms with Crippen LogP contribution >= 0.6 is 23.1 Å². The number of nitrogens with zero attached hydrogens (tertiary/aromatic N) is 3. The molecular formula is C24H24N4O4S2. The Morgan fingerprint density at radius 1 is 1.32 bits per heavy atom. The first-order valence-electron chi connectivity index (χ1n) is 11.1. The smallest absolute Gasteiger partial charge is 0.341 e. The first kappa shape index (κ1) is 24.0.